The predicted octanol–water partition coefficient (Wildman–Crippen LogP) is 3.05. The van der Waals surface area contributed by atoms with Gasteiger partial charge in [-0.15, -0.1) is 0 Å². The molecule has 2 heteroatoms. The highest BCUT2D eigenvalue weighted by Crippen LogP contribution is 2.30. The molecule has 1 N–H and O–H groups in total. The first kappa shape index (κ1) is 11.4. The van der Waals surface area contributed by atoms with Crippen molar-refractivity contribution in [2.75, 3.05) is 12.3 Å². The average molecular weight is 201 g/mol. The largest absolute Gasteiger partial charge is 0.313 e. The van der Waals surface area contributed by atoms with Crippen molar-refractivity contribution in [1.29, 1.82) is 0 Å². The smallest absolute Gasteiger partial charge is 0.0201 e. The fourth-order valence-corrected chi connectivity index (χ4v) is 3.56. The van der Waals surface area contributed by atoms with E-state index in [-0.39, 0.29) is 0 Å². The van der Waals surface area contributed by atoms with Crippen molar-refractivity contribution in [3.05, 3.63) is 0 Å². The third-order valence-electron chi connectivity index (χ3n) is 2.75. The van der Waals surface area contributed by atoms with Gasteiger partial charge >= 0.3 is 0 Å². The van der Waals surface area contributed by atoms with Crippen molar-refractivity contribution in [1.82, 2.24) is 5.32 Å². The minimum Gasteiger partial charge on any atom is -0.313 e. The average Bonchev–Trinajstić information content (AvgIpc) is 2.54. The summed E-state index contributed by atoms with van der Waals surface area (Å²) in [6.07, 6.45) is 7.00. The minimum atomic E-state index is 0.812. The number of unbranched alkanes of at least 4 members (excludes halogenated alkanes) is 1. The van der Waals surface area contributed by atoms with Crippen molar-refractivity contribution < 1.29 is 0 Å². The van der Waals surface area contributed by atoms with E-state index in [2.05, 4.69) is 30.9 Å². The summed E-state index contributed by atoms with van der Waals surface area (Å²) in [4.78, 5) is 0. The molecule has 1 nitrogen and oxygen atoms in total. The van der Waals surface area contributed by atoms with Crippen LogP contribution in [0.3, 0.4) is 0 Å². The molecule has 78 valence electrons. The first-order chi connectivity index (χ1) is 6.38. The molecule has 1 aliphatic carbocycles. The second-order valence-electron chi connectivity index (χ2n) is 3.86. The van der Waals surface area contributed by atoms with Crippen LogP contribution in [0.15, 0.2) is 0 Å². The van der Waals surface area contributed by atoms with Gasteiger partial charge in [0.15, 0.2) is 0 Å². The molecule has 2 unspecified atom stereocenters. The Kier molecular flexibility index (Phi) is 5.88. The van der Waals surface area contributed by atoms with Gasteiger partial charge in [0.1, 0.15) is 0 Å². The normalized spacial score (nSPS) is 28.2. The lowest BCUT2D eigenvalue weighted by Gasteiger charge is -2.19. The second kappa shape index (κ2) is 6.72. The first-order valence-corrected chi connectivity index (χ1v) is 6.78. The van der Waals surface area contributed by atoms with Gasteiger partial charge in [0.2, 0.25) is 0 Å². The lowest BCUT2D eigenvalue weighted by Crippen LogP contribution is -2.33. The predicted molar refractivity (Wildman–Crippen MR) is 62.5 cm³/mol. The Bertz CT molecular complexity index is 127. The summed E-state index contributed by atoms with van der Waals surface area (Å²) in [5.41, 5.74) is 0. The maximum Gasteiger partial charge on any atom is 0.0201 e. The molecule has 1 rings (SSSR count). The topological polar surface area (TPSA) is 12.0 Å². The molecule has 1 saturated carbocycles. The molecule has 0 saturated heterocycles. The SMILES string of the molecule is CCCCSC1CCCC1NCC. The van der Waals surface area contributed by atoms with Crippen LogP contribution in [0.25, 0.3) is 0 Å². The zero-order valence-electron chi connectivity index (χ0n) is 9.01. The van der Waals surface area contributed by atoms with Gasteiger partial charge in [-0.05, 0) is 31.6 Å². The summed E-state index contributed by atoms with van der Waals surface area (Å²) in [7, 11) is 0. The van der Waals surface area contributed by atoms with Crippen molar-refractivity contribution in [2.45, 2.75) is 57.2 Å². The molecule has 1 aliphatic rings. The maximum absolute atomic E-state index is 3.60. The number of hydrogen-bond donors (Lipinski definition) is 1. The van der Waals surface area contributed by atoms with E-state index in [0.717, 1.165) is 17.8 Å². The fraction of sp³-hybridized carbons (Fsp3) is 1.00. The summed E-state index contributed by atoms with van der Waals surface area (Å²) < 4.78 is 0. The molecule has 0 bridgehead atoms. The molecule has 0 aromatic heterocycles. The highest BCUT2D eigenvalue weighted by atomic mass is 32.2. The van der Waals surface area contributed by atoms with Gasteiger partial charge in [0, 0.05) is 11.3 Å². The Morgan fingerprint density at radius 1 is 1.31 bits per heavy atom. The molecule has 0 aromatic rings. The van der Waals surface area contributed by atoms with Crippen LogP contribution in [-0.4, -0.2) is 23.6 Å². The van der Waals surface area contributed by atoms with Gasteiger partial charge in [0.05, 0.1) is 0 Å². The summed E-state index contributed by atoms with van der Waals surface area (Å²) >= 11 is 2.19. The van der Waals surface area contributed by atoms with E-state index in [1.54, 1.807) is 0 Å². The third-order valence-corrected chi connectivity index (χ3v) is 4.27. The third kappa shape index (κ3) is 3.90. The van der Waals surface area contributed by atoms with Gasteiger partial charge < -0.3 is 5.32 Å². The van der Waals surface area contributed by atoms with Crippen molar-refractivity contribution in [3.63, 3.8) is 0 Å². The van der Waals surface area contributed by atoms with Crippen molar-refractivity contribution in [2.24, 2.45) is 0 Å². The molecule has 13 heavy (non-hydrogen) atoms. The van der Waals surface area contributed by atoms with Crippen LogP contribution in [0.2, 0.25) is 0 Å². The summed E-state index contributed by atoms with van der Waals surface area (Å²) in [5.74, 6) is 1.36. The van der Waals surface area contributed by atoms with E-state index < -0.39 is 0 Å². The van der Waals surface area contributed by atoms with Crippen LogP contribution in [0.1, 0.15) is 46.0 Å². The molecular formula is C11H23NS. The Morgan fingerprint density at radius 2 is 2.15 bits per heavy atom. The van der Waals surface area contributed by atoms with E-state index in [4.69, 9.17) is 0 Å². The molecule has 0 aromatic carbocycles. The zero-order chi connectivity index (χ0) is 9.52. The van der Waals surface area contributed by atoms with Crippen LogP contribution < -0.4 is 5.32 Å². The number of hydrogen-bond acceptors (Lipinski definition) is 2. The monoisotopic (exact) mass is 201 g/mol. The Morgan fingerprint density at radius 3 is 2.85 bits per heavy atom. The molecule has 0 spiro atoms. The van der Waals surface area contributed by atoms with Gasteiger partial charge in [-0.25, -0.2) is 0 Å². The van der Waals surface area contributed by atoms with Crippen molar-refractivity contribution in [3.8, 4) is 0 Å². The highest BCUT2D eigenvalue weighted by Gasteiger charge is 2.25. The van der Waals surface area contributed by atoms with Gasteiger partial charge in [-0.3, -0.25) is 0 Å². The second-order valence-corrected chi connectivity index (χ2v) is 5.20. The zero-order valence-corrected chi connectivity index (χ0v) is 9.83. The van der Waals surface area contributed by atoms with E-state index in [9.17, 15) is 0 Å². The number of thioether (sulfide) groups is 1. The van der Waals surface area contributed by atoms with Gasteiger partial charge in [-0.2, -0.15) is 11.8 Å². The lowest BCUT2D eigenvalue weighted by atomic mass is 10.2. The molecule has 0 aliphatic heterocycles. The molecule has 0 amide bonds. The Labute approximate surface area is 87.1 Å². The molecule has 2 atom stereocenters. The van der Waals surface area contributed by atoms with E-state index in [1.165, 1.54) is 37.9 Å². The molecule has 0 heterocycles. The first-order valence-electron chi connectivity index (χ1n) is 5.73. The highest BCUT2D eigenvalue weighted by molar-refractivity contribution is 7.99. The van der Waals surface area contributed by atoms with Crippen LogP contribution in [-0.2, 0) is 0 Å². The number of rotatable bonds is 6. The summed E-state index contributed by atoms with van der Waals surface area (Å²) in [5, 5.41) is 4.51. The quantitative estimate of drug-likeness (QED) is 0.663. The van der Waals surface area contributed by atoms with E-state index >= 15 is 0 Å². The lowest BCUT2D eigenvalue weighted by molar-refractivity contribution is 0.550. The van der Waals surface area contributed by atoms with Crippen LogP contribution >= 0.6 is 11.8 Å². The van der Waals surface area contributed by atoms with Gasteiger partial charge in [0.25, 0.3) is 0 Å². The maximum atomic E-state index is 3.60. The standard InChI is InChI=1S/C11H23NS/c1-3-5-9-13-11-8-6-7-10(11)12-4-2/h10-12H,3-9H2,1-2H3. The van der Waals surface area contributed by atoms with Gasteiger partial charge in [-0.1, -0.05) is 26.7 Å². The molecular weight excluding hydrogens is 178 g/mol. The summed E-state index contributed by atoms with van der Waals surface area (Å²) in [6.45, 7) is 5.62. The fourth-order valence-electron chi connectivity index (χ4n) is 2.00. The molecule has 1 fully saturated rings. The van der Waals surface area contributed by atoms with Crippen molar-refractivity contribution >= 4 is 11.8 Å². The van der Waals surface area contributed by atoms with Crippen LogP contribution in [0.4, 0.5) is 0 Å². The van der Waals surface area contributed by atoms with E-state index in [0.29, 0.717) is 0 Å². The minimum absolute atomic E-state index is 0.812. The van der Waals surface area contributed by atoms with Crippen LogP contribution in [0, 0.1) is 0 Å². The summed E-state index contributed by atoms with van der Waals surface area (Å²) in [6, 6.07) is 0.812. The molecule has 0 radical (unpaired) electrons. The number of nitrogens with one attached hydrogen (secondary N) is 1. The Hall–Kier alpha value is 0.310. The van der Waals surface area contributed by atoms with Crippen LogP contribution in [0.5, 0.6) is 0 Å². The Balaban J connectivity index is 2.15. The van der Waals surface area contributed by atoms with E-state index in [1.807, 2.05) is 0 Å².